The van der Waals surface area contributed by atoms with Gasteiger partial charge in [0, 0.05) is 5.69 Å². The Balaban J connectivity index is 2.16. The zero-order chi connectivity index (χ0) is 18.8. The molecule has 0 aliphatic carbocycles. The Labute approximate surface area is 150 Å². The number of thiophene rings is 1. The molecule has 0 aliphatic rings. The number of carboxylic acids is 1. The zero-order valence-electron chi connectivity index (χ0n) is 14.1. The van der Waals surface area contributed by atoms with Crippen LogP contribution < -0.4 is 5.32 Å². The van der Waals surface area contributed by atoms with Gasteiger partial charge in [-0.05, 0) is 50.6 Å². The van der Waals surface area contributed by atoms with E-state index in [1.54, 1.807) is 45.0 Å². The minimum absolute atomic E-state index is 0.0789. The van der Waals surface area contributed by atoms with Crippen LogP contribution in [-0.2, 0) is 15.6 Å². The average molecular weight is 381 g/mol. The number of rotatable bonds is 5. The molecule has 0 saturated heterocycles. The molecular formula is C17H19NO5S2. The number of carbonyl (C=O) groups is 2. The smallest absolute Gasteiger partial charge is 0.345 e. The number of benzene rings is 1. The van der Waals surface area contributed by atoms with Crippen molar-refractivity contribution in [3.63, 3.8) is 0 Å². The highest BCUT2D eigenvalue weighted by Gasteiger charge is 2.29. The van der Waals surface area contributed by atoms with E-state index in [9.17, 15) is 18.0 Å². The molecule has 6 nitrogen and oxygen atoms in total. The summed E-state index contributed by atoms with van der Waals surface area (Å²) in [4.78, 5) is 23.4. The van der Waals surface area contributed by atoms with Gasteiger partial charge in [-0.25, -0.2) is 13.2 Å². The van der Waals surface area contributed by atoms with Gasteiger partial charge in [0.25, 0.3) is 5.91 Å². The molecule has 0 aliphatic heterocycles. The van der Waals surface area contributed by atoms with Gasteiger partial charge < -0.3 is 10.4 Å². The van der Waals surface area contributed by atoms with Crippen molar-refractivity contribution in [3.8, 4) is 0 Å². The summed E-state index contributed by atoms with van der Waals surface area (Å²) in [5.41, 5.74) is 1.03. The Hall–Kier alpha value is -2.19. The highest BCUT2D eigenvalue weighted by Crippen LogP contribution is 2.23. The molecule has 1 heterocycles. The van der Waals surface area contributed by atoms with Gasteiger partial charge in [0.05, 0.1) is 15.4 Å². The third-order valence-electron chi connectivity index (χ3n) is 3.52. The van der Waals surface area contributed by atoms with Crippen molar-refractivity contribution >= 4 is 38.7 Å². The van der Waals surface area contributed by atoms with Gasteiger partial charge in [-0.2, -0.15) is 0 Å². The standard InChI is InChI=1S/C17H19NO5S2/c1-17(2,3)25(22,23)10-11-5-4-6-12(9-11)18-15(19)13-7-8-14(24-13)16(20)21/h4-9H,10H2,1-3H3,(H,18,19)(H,20,21). The van der Waals surface area contributed by atoms with Crippen LogP contribution in [-0.4, -0.2) is 30.1 Å². The minimum atomic E-state index is -3.33. The molecule has 8 heteroatoms. The summed E-state index contributed by atoms with van der Waals surface area (Å²) >= 11 is 0.878. The van der Waals surface area contributed by atoms with Gasteiger partial charge in [-0.15, -0.1) is 11.3 Å². The molecule has 0 atom stereocenters. The number of anilines is 1. The first kappa shape index (κ1) is 19.1. The summed E-state index contributed by atoms with van der Waals surface area (Å²) < 4.78 is 23.7. The maximum atomic E-state index is 12.3. The summed E-state index contributed by atoms with van der Waals surface area (Å²) in [5.74, 6) is -1.64. The number of aromatic carboxylic acids is 1. The highest BCUT2D eigenvalue weighted by molar-refractivity contribution is 7.91. The van der Waals surface area contributed by atoms with E-state index in [1.165, 1.54) is 12.1 Å². The van der Waals surface area contributed by atoms with Crippen molar-refractivity contribution in [2.24, 2.45) is 0 Å². The number of hydrogen-bond acceptors (Lipinski definition) is 5. The van der Waals surface area contributed by atoms with Crippen LogP contribution in [0.1, 0.15) is 45.7 Å². The van der Waals surface area contributed by atoms with E-state index in [4.69, 9.17) is 5.11 Å². The summed E-state index contributed by atoms with van der Waals surface area (Å²) in [7, 11) is -3.33. The van der Waals surface area contributed by atoms with E-state index in [0.717, 1.165) is 11.3 Å². The molecule has 2 N–H and O–H groups in total. The van der Waals surface area contributed by atoms with Gasteiger partial charge in [0.15, 0.2) is 9.84 Å². The molecule has 0 radical (unpaired) electrons. The largest absolute Gasteiger partial charge is 0.477 e. The van der Waals surface area contributed by atoms with E-state index in [0.29, 0.717) is 11.3 Å². The fourth-order valence-corrected chi connectivity index (χ4v) is 3.73. The second-order valence-corrected chi connectivity index (χ2v) is 10.3. The van der Waals surface area contributed by atoms with Crippen LogP contribution in [0.4, 0.5) is 5.69 Å². The summed E-state index contributed by atoms with van der Waals surface area (Å²) in [6, 6.07) is 9.42. The normalized spacial score (nSPS) is 12.0. The molecule has 0 bridgehead atoms. The Morgan fingerprint density at radius 3 is 2.32 bits per heavy atom. The Kier molecular flexibility index (Phi) is 5.34. The van der Waals surface area contributed by atoms with Crippen LogP contribution in [0.3, 0.4) is 0 Å². The molecule has 0 unspecified atom stereocenters. The predicted molar refractivity (Wildman–Crippen MR) is 98.1 cm³/mol. The third kappa shape index (κ3) is 4.67. The second kappa shape index (κ2) is 6.97. The highest BCUT2D eigenvalue weighted by atomic mass is 32.2. The Bertz CT molecular complexity index is 907. The summed E-state index contributed by atoms with van der Waals surface area (Å²) in [5, 5.41) is 11.6. The monoisotopic (exact) mass is 381 g/mol. The average Bonchev–Trinajstić information content (AvgIpc) is 2.96. The van der Waals surface area contributed by atoms with Crippen LogP contribution in [0.15, 0.2) is 36.4 Å². The predicted octanol–water partition coefficient (Wildman–Crippen LogP) is 3.41. The van der Waals surface area contributed by atoms with Gasteiger partial charge in [0.2, 0.25) is 0 Å². The second-order valence-electron chi connectivity index (χ2n) is 6.50. The number of amides is 1. The molecule has 2 aromatic rings. The number of carboxylic acid groups (broad SMARTS) is 1. The van der Waals surface area contributed by atoms with Crippen molar-refractivity contribution in [2.45, 2.75) is 31.3 Å². The molecule has 0 saturated carbocycles. The summed E-state index contributed by atoms with van der Waals surface area (Å²) in [6.07, 6.45) is 0. The molecule has 1 aromatic carbocycles. The lowest BCUT2D eigenvalue weighted by Gasteiger charge is -2.19. The van der Waals surface area contributed by atoms with E-state index in [-0.39, 0.29) is 15.5 Å². The Morgan fingerprint density at radius 1 is 1.12 bits per heavy atom. The first-order chi connectivity index (χ1) is 11.5. The SMILES string of the molecule is CC(C)(C)S(=O)(=O)Cc1cccc(NC(=O)c2ccc(C(=O)O)s2)c1. The molecule has 1 aromatic heterocycles. The molecular weight excluding hydrogens is 362 g/mol. The number of hydrogen-bond donors (Lipinski definition) is 2. The third-order valence-corrected chi connectivity index (χ3v) is 7.17. The number of nitrogens with one attached hydrogen (secondary N) is 1. The van der Waals surface area contributed by atoms with E-state index >= 15 is 0 Å². The van der Waals surface area contributed by atoms with Crippen LogP contribution in [0.5, 0.6) is 0 Å². The maximum Gasteiger partial charge on any atom is 0.345 e. The lowest BCUT2D eigenvalue weighted by atomic mass is 10.2. The van der Waals surface area contributed by atoms with Gasteiger partial charge in [-0.1, -0.05) is 12.1 Å². The molecule has 134 valence electrons. The van der Waals surface area contributed by atoms with Crippen molar-refractivity contribution < 1.29 is 23.1 Å². The first-order valence-corrected chi connectivity index (χ1v) is 9.92. The first-order valence-electron chi connectivity index (χ1n) is 7.45. The zero-order valence-corrected chi connectivity index (χ0v) is 15.7. The van der Waals surface area contributed by atoms with E-state index < -0.39 is 26.5 Å². The molecule has 2 rings (SSSR count). The quantitative estimate of drug-likeness (QED) is 0.826. The lowest BCUT2D eigenvalue weighted by molar-refractivity contribution is 0.0702. The fraction of sp³-hybridized carbons (Fsp3) is 0.294. The molecule has 25 heavy (non-hydrogen) atoms. The fourth-order valence-electron chi connectivity index (χ4n) is 1.94. The topological polar surface area (TPSA) is 101 Å². The van der Waals surface area contributed by atoms with Gasteiger partial charge in [0.1, 0.15) is 4.88 Å². The maximum absolute atomic E-state index is 12.3. The minimum Gasteiger partial charge on any atom is -0.477 e. The van der Waals surface area contributed by atoms with Crippen LogP contribution in [0.25, 0.3) is 0 Å². The number of sulfone groups is 1. The van der Waals surface area contributed by atoms with Gasteiger partial charge in [-0.3, -0.25) is 4.79 Å². The van der Waals surface area contributed by atoms with Crippen LogP contribution in [0.2, 0.25) is 0 Å². The Morgan fingerprint density at radius 2 is 1.76 bits per heavy atom. The van der Waals surface area contributed by atoms with Crippen LogP contribution >= 0.6 is 11.3 Å². The lowest BCUT2D eigenvalue weighted by Crippen LogP contribution is -2.29. The van der Waals surface area contributed by atoms with Crippen molar-refractivity contribution in [1.29, 1.82) is 0 Å². The molecule has 0 spiro atoms. The molecule has 0 fully saturated rings. The summed E-state index contributed by atoms with van der Waals surface area (Å²) in [6.45, 7) is 4.93. The van der Waals surface area contributed by atoms with Crippen LogP contribution in [0, 0.1) is 0 Å². The van der Waals surface area contributed by atoms with Crippen molar-refractivity contribution in [3.05, 3.63) is 51.7 Å². The molecule has 1 amide bonds. The van der Waals surface area contributed by atoms with Crippen molar-refractivity contribution in [2.75, 3.05) is 5.32 Å². The number of carbonyl (C=O) groups excluding carboxylic acids is 1. The van der Waals surface area contributed by atoms with Crippen molar-refractivity contribution in [1.82, 2.24) is 0 Å². The van der Waals surface area contributed by atoms with Gasteiger partial charge >= 0.3 is 5.97 Å². The van der Waals surface area contributed by atoms with E-state index in [1.807, 2.05) is 0 Å². The van der Waals surface area contributed by atoms with E-state index in [2.05, 4.69) is 5.32 Å².